The molecule has 13 heavy (non-hydrogen) atoms. The first kappa shape index (κ1) is 12.4. The summed E-state index contributed by atoms with van der Waals surface area (Å²) in [7, 11) is 0. The van der Waals surface area contributed by atoms with Crippen LogP contribution in [0.5, 0.6) is 0 Å². The van der Waals surface area contributed by atoms with Crippen molar-refractivity contribution in [2.24, 2.45) is 5.92 Å². The van der Waals surface area contributed by atoms with E-state index >= 15 is 0 Å². The van der Waals surface area contributed by atoms with E-state index in [4.69, 9.17) is 0 Å². The molecule has 0 amide bonds. The van der Waals surface area contributed by atoms with Gasteiger partial charge in [-0.15, -0.1) is 0 Å². The van der Waals surface area contributed by atoms with Gasteiger partial charge in [0.2, 0.25) is 0 Å². The Morgan fingerprint density at radius 2 is 2.00 bits per heavy atom. The van der Waals surface area contributed by atoms with Gasteiger partial charge in [-0.2, -0.15) is 0 Å². The van der Waals surface area contributed by atoms with Crippen molar-refractivity contribution in [2.45, 2.75) is 53.4 Å². The fourth-order valence-corrected chi connectivity index (χ4v) is 1.44. The van der Waals surface area contributed by atoms with E-state index in [0.29, 0.717) is 5.78 Å². The van der Waals surface area contributed by atoms with E-state index < -0.39 is 0 Å². The number of carbonyl (C=O) groups excluding carboxylic acids is 1. The topological polar surface area (TPSA) is 17.1 Å². The van der Waals surface area contributed by atoms with Crippen molar-refractivity contribution in [3.63, 3.8) is 0 Å². The van der Waals surface area contributed by atoms with E-state index in [1.165, 1.54) is 6.42 Å². The van der Waals surface area contributed by atoms with E-state index in [0.717, 1.165) is 24.8 Å². The highest BCUT2D eigenvalue weighted by molar-refractivity contribution is 5.96. The third-order valence-electron chi connectivity index (χ3n) is 2.34. The van der Waals surface area contributed by atoms with E-state index in [2.05, 4.69) is 13.8 Å². The molecule has 0 aliphatic rings. The van der Waals surface area contributed by atoms with Crippen molar-refractivity contribution < 1.29 is 4.79 Å². The lowest BCUT2D eigenvalue weighted by Crippen LogP contribution is -2.11. The van der Waals surface area contributed by atoms with Gasteiger partial charge in [0, 0.05) is 5.92 Å². The second kappa shape index (κ2) is 6.88. The van der Waals surface area contributed by atoms with Gasteiger partial charge in [0.15, 0.2) is 5.78 Å². The first-order valence-corrected chi connectivity index (χ1v) is 5.34. The standard InChI is InChI=1S/C12H22O/c1-5-7-9-11(4)12(13)10(3)8-6-2/h8,11H,5-7,9H2,1-4H3/b10-8+. The Kier molecular flexibility index (Phi) is 6.56. The van der Waals surface area contributed by atoms with Crippen molar-refractivity contribution in [3.8, 4) is 0 Å². The van der Waals surface area contributed by atoms with Crippen molar-refractivity contribution >= 4 is 5.78 Å². The molecule has 0 aromatic carbocycles. The Hall–Kier alpha value is -0.590. The van der Waals surface area contributed by atoms with Gasteiger partial charge in [-0.1, -0.05) is 39.7 Å². The van der Waals surface area contributed by atoms with Crippen molar-refractivity contribution in [3.05, 3.63) is 11.6 Å². The Morgan fingerprint density at radius 1 is 1.38 bits per heavy atom. The van der Waals surface area contributed by atoms with E-state index in [-0.39, 0.29) is 5.92 Å². The lowest BCUT2D eigenvalue weighted by molar-refractivity contribution is -0.118. The van der Waals surface area contributed by atoms with Crippen LogP contribution < -0.4 is 0 Å². The maximum absolute atomic E-state index is 11.7. The summed E-state index contributed by atoms with van der Waals surface area (Å²) in [5, 5.41) is 0. The number of Topliss-reactive ketones (excluding diaryl/α,β-unsaturated/α-hetero) is 1. The molecule has 0 radical (unpaired) electrons. The molecule has 0 rings (SSSR count). The highest BCUT2D eigenvalue weighted by atomic mass is 16.1. The molecule has 1 nitrogen and oxygen atoms in total. The van der Waals surface area contributed by atoms with Gasteiger partial charge in [0.1, 0.15) is 0 Å². The summed E-state index contributed by atoms with van der Waals surface area (Å²) in [6, 6.07) is 0. The molecule has 0 aliphatic carbocycles. The molecule has 0 fully saturated rings. The molecule has 0 aliphatic heterocycles. The number of carbonyl (C=O) groups is 1. The van der Waals surface area contributed by atoms with Gasteiger partial charge >= 0.3 is 0 Å². The van der Waals surface area contributed by atoms with Gasteiger partial charge < -0.3 is 0 Å². The molecule has 1 heteroatoms. The molecule has 0 heterocycles. The molecule has 0 saturated heterocycles. The number of hydrogen-bond donors (Lipinski definition) is 0. The molecule has 0 N–H and O–H groups in total. The van der Waals surface area contributed by atoms with Gasteiger partial charge in [-0.25, -0.2) is 0 Å². The summed E-state index contributed by atoms with van der Waals surface area (Å²) in [5.74, 6) is 0.540. The minimum atomic E-state index is 0.211. The van der Waals surface area contributed by atoms with E-state index in [1.807, 2.05) is 19.9 Å². The summed E-state index contributed by atoms with van der Waals surface area (Å²) >= 11 is 0. The molecular weight excluding hydrogens is 160 g/mol. The zero-order valence-electron chi connectivity index (χ0n) is 9.39. The van der Waals surface area contributed by atoms with Crippen molar-refractivity contribution in [2.75, 3.05) is 0 Å². The Balaban J connectivity index is 4.01. The van der Waals surface area contributed by atoms with Crippen LogP contribution in [0.2, 0.25) is 0 Å². The van der Waals surface area contributed by atoms with Crippen LogP contribution in [0.4, 0.5) is 0 Å². The predicted molar refractivity (Wildman–Crippen MR) is 57.7 cm³/mol. The summed E-state index contributed by atoms with van der Waals surface area (Å²) in [5.41, 5.74) is 0.936. The van der Waals surface area contributed by atoms with Gasteiger partial charge in [-0.05, 0) is 25.3 Å². The van der Waals surface area contributed by atoms with Crippen LogP contribution >= 0.6 is 0 Å². The Morgan fingerprint density at radius 3 is 2.46 bits per heavy atom. The Bertz CT molecular complexity index is 180. The largest absolute Gasteiger partial charge is 0.294 e. The van der Waals surface area contributed by atoms with Gasteiger partial charge in [0.05, 0.1) is 0 Å². The first-order chi connectivity index (χ1) is 6.13. The maximum Gasteiger partial charge on any atom is 0.161 e. The monoisotopic (exact) mass is 182 g/mol. The highest BCUT2D eigenvalue weighted by Crippen LogP contribution is 2.13. The van der Waals surface area contributed by atoms with Crippen LogP contribution in [-0.2, 0) is 4.79 Å². The molecule has 76 valence electrons. The van der Waals surface area contributed by atoms with Crippen LogP contribution in [0.3, 0.4) is 0 Å². The highest BCUT2D eigenvalue weighted by Gasteiger charge is 2.12. The second-order valence-electron chi connectivity index (χ2n) is 3.70. The zero-order chi connectivity index (χ0) is 10.3. The van der Waals surface area contributed by atoms with Crippen molar-refractivity contribution in [1.82, 2.24) is 0 Å². The first-order valence-electron chi connectivity index (χ1n) is 5.34. The lowest BCUT2D eigenvalue weighted by atomic mass is 9.95. The molecule has 1 unspecified atom stereocenters. The maximum atomic E-state index is 11.7. The third-order valence-corrected chi connectivity index (χ3v) is 2.34. The predicted octanol–water partition coefficient (Wildman–Crippen LogP) is 3.74. The molecule has 0 aromatic rings. The van der Waals surface area contributed by atoms with Gasteiger partial charge in [0.25, 0.3) is 0 Å². The van der Waals surface area contributed by atoms with E-state index in [1.54, 1.807) is 0 Å². The summed E-state index contributed by atoms with van der Waals surface area (Å²) in [4.78, 5) is 11.7. The molecule has 0 spiro atoms. The molecule has 0 saturated carbocycles. The quantitative estimate of drug-likeness (QED) is 0.572. The molecule has 1 atom stereocenters. The third kappa shape index (κ3) is 4.87. The van der Waals surface area contributed by atoms with Crippen LogP contribution in [0.15, 0.2) is 11.6 Å². The smallest absolute Gasteiger partial charge is 0.161 e. The normalized spacial score (nSPS) is 14.3. The minimum Gasteiger partial charge on any atom is -0.294 e. The fraction of sp³-hybridized carbons (Fsp3) is 0.750. The average Bonchev–Trinajstić information content (AvgIpc) is 2.13. The molecular formula is C12H22O. The molecule has 0 aromatic heterocycles. The SMILES string of the molecule is CC/C=C(\C)C(=O)C(C)CCCC. The number of hydrogen-bond acceptors (Lipinski definition) is 1. The minimum absolute atomic E-state index is 0.211. The number of rotatable bonds is 6. The zero-order valence-corrected chi connectivity index (χ0v) is 9.39. The van der Waals surface area contributed by atoms with Gasteiger partial charge in [-0.3, -0.25) is 4.79 Å². The van der Waals surface area contributed by atoms with Crippen LogP contribution in [0.25, 0.3) is 0 Å². The van der Waals surface area contributed by atoms with Crippen LogP contribution in [0.1, 0.15) is 53.4 Å². The average molecular weight is 182 g/mol. The fourth-order valence-electron chi connectivity index (χ4n) is 1.44. The second-order valence-corrected chi connectivity index (χ2v) is 3.70. The summed E-state index contributed by atoms with van der Waals surface area (Å²) in [6.45, 7) is 8.18. The summed E-state index contributed by atoms with van der Waals surface area (Å²) in [6.07, 6.45) is 6.34. The molecule has 0 bridgehead atoms. The number of unbranched alkanes of at least 4 members (excludes halogenated alkanes) is 1. The van der Waals surface area contributed by atoms with Crippen molar-refractivity contribution in [1.29, 1.82) is 0 Å². The van der Waals surface area contributed by atoms with Crippen LogP contribution in [0, 0.1) is 5.92 Å². The van der Waals surface area contributed by atoms with Crippen LogP contribution in [-0.4, -0.2) is 5.78 Å². The lowest BCUT2D eigenvalue weighted by Gasteiger charge is -2.09. The van der Waals surface area contributed by atoms with E-state index in [9.17, 15) is 4.79 Å². The Labute approximate surface area is 82.2 Å². The summed E-state index contributed by atoms with van der Waals surface area (Å²) < 4.78 is 0. The number of allylic oxidation sites excluding steroid dienone is 2. The number of ketones is 1.